The van der Waals surface area contributed by atoms with E-state index in [0.29, 0.717) is 16.1 Å². The molecule has 1 aromatic carbocycles. The molecule has 1 aromatic heterocycles. The summed E-state index contributed by atoms with van der Waals surface area (Å²) in [6.45, 7) is 0. The third-order valence-corrected chi connectivity index (χ3v) is 3.01. The molecule has 0 unspecified atom stereocenters. The lowest BCUT2D eigenvalue weighted by Crippen LogP contribution is -2.08. The van der Waals surface area contributed by atoms with Crippen LogP contribution in [-0.4, -0.2) is 15.6 Å². The SMILES string of the molecule is Cn1ncc(C(=O)Cc2cc(F)ccc2Cl)c1N. The Labute approximate surface area is 108 Å². The van der Waals surface area contributed by atoms with Gasteiger partial charge in [-0.05, 0) is 23.8 Å². The predicted octanol–water partition coefficient (Wildman–Crippen LogP) is 2.22. The minimum atomic E-state index is -0.429. The van der Waals surface area contributed by atoms with E-state index in [4.69, 9.17) is 17.3 Å². The number of benzene rings is 1. The fourth-order valence-corrected chi connectivity index (χ4v) is 1.79. The summed E-state index contributed by atoms with van der Waals surface area (Å²) in [6.07, 6.45) is 1.39. The van der Waals surface area contributed by atoms with Gasteiger partial charge in [-0.25, -0.2) is 4.39 Å². The number of anilines is 1. The zero-order valence-electron chi connectivity index (χ0n) is 9.65. The molecule has 2 rings (SSSR count). The molecular weight excluding hydrogens is 257 g/mol. The van der Waals surface area contributed by atoms with Crippen molar-refractivity contribution in [3.8, 4) is 0 Å². The largest absolute Gasteiger partial charge is 0.383 e. The fraction of sp³-hybridized carbons (Fsp3) is 0.167. The first kappa shape index (κ1) is 12.6. The van der Waals surface area contributed by atoms with Crippen molar-refractivity contribution in [2.75, 3.05) is 5.73 Å². The maximum atomic E-state index is 13.1. The molecule has 0 bridgehead atoms. The van der Waals surface area contributed by atoms with E-state index in [0.717, 1.165) is 0 Å². The Morgan fingerprint density at radius 1 is 1.56 bits per heavy atom. The number of ketones is 1. The molecule has 2 N–H and O–H groups in total. The van der Waals surface area contributed by atoms with E-state index >= 15 is 0 Å². The summed E-state index contributed by atoms with van der Waals surface area (Å²) >= 11 is 5.90. The number of hydrogen-bond acceptors (Lipinski definition) is 3. The van der Waals surface area contributed by atoms with E-state index in [9.17, 15) is 9.18 Å². The minimum absolute atomic E-state index is 0.00745. The number of aromatic nitrogens is 2. The lowest BCUT2D eigenvalue weighted by molar-refractivity contribution is 0.0994. The van der Waals surface area contributed by atoms with E-state index in [-0.39, 0.29) is 18.0 Å². The third-order valence-electron chi connectivity index (χ3n) is 2.64. The van der Waals surface area contributed by atoms with Gasteiger partial charge in [0.1, 0.15) is 11.6 Å². The quantitative estimate of drug-likeness (QED) is 0.868. The monoisotopic (exact) mass is 267 g/mol. The molecule has 1 heterocycles. The van der Waals surface area contributed by atoms with Crippen molar-refractivity contribution in [2.24, 2.45) is 7.05 Å². The first-order valence-electron chi connectivity index (χ1n) is 5.23. The highest BCUT2D eigenvalue weighted by molar-refractivity contribution is 6.31. The zero-order chi connectivity index (χ0) is 13.3. The maximum absolute atomic E-state index is 13.1. The molecule has 0 spiro atoms. The molecule has 2 aromatic rings. The van der Waals surface area contributed by atoms with Crippen LogP contribution in [0.3, 0.4) is 0 Å². The van der Waals surface area contributed by atoms with Crippen LogP contribution in [0.1, 0.15) is 15.9 Å². The van der Waals surface area contributed by atoms with Crippen LogP contribution >= 0.6 is 11.6 Å². The summed E-state index contributed by atoms with van der Waals surface area (Å²) in [5.41, 5.74) is 6.45. The number of carbonyl (C=O) groups is 1. The Hall–Kier alpha value is -1.88. The minimum Gasteiger partial charge on any atom is -0.383 e. The topological polar surface area (TPSA) is 60.9 Å². The van der Waals surface area contributed by atoms with Gasteiger partial charge >= 0.3 is 0 Å². The van der Waals surface area contributed by atoms with Crippen LogP contribution in [0.25, 0.3) is 0 Å². The highest BCUT2D eigenvalue weighted by atomic mass is 35.5. The van der Waals surface area contributed by atoms with Gasteiger partial charge < -0.3 is 5.73 Å². The Morgan fingerprint density at radius 3 is 2.89 bits per heavy atom. The molecule has 0 aliphatic heterocycles. The van der Waals surface area contributed by atoms with Crippen molar-refractivity contribution in [3.63, 3.8) is 0 Å². The average molecular weight is 268 g/mol. The van der Waals surface area contributed by atoms with Crippen LogP contribution in [0.4, 0.5) is 10.2 Å². The van der Waals surface area contributed by atoms with Gasteiger partial charge in [0.05, 0.1) is 11.8 Å². The van der Waals surface area contributed by atoms with Crippen LogP contribution in [-0.2, 0) is 13.5 Å². The summed E-state index contributed by atoms with van der Waals surface area (Å²) in [7, 11) is 1.64. The van der Waals surface area contributed by atoms with Gasteiger partial charge in [0.15, 0.2) is 5.78 Å². The molecule has 0 aliphatic carbocycles. The molecular formula is C12H11ClFN3O. The Bertz CT molecular complexity index is 609. The molecule has 0 fully saturated rings. The number of nitrogens with two attached hydrogens (primary N) is 1. The van der Waals surface area contributed by atoms with Crippen LogP contribution in [0, 0.1) is 5.82 Å². The fourth-order valence-electron chi connectivity index (χ4n) is 1.61. The second-order valence-electron chi connectivity index (χ2n) is 3.90. The lowest BCUT2D eigenvalue weighted by Gasteiger charge is -2.04. The van der Waals surface area contributed by atoms with E-state index in [1.807, 2.05) is 0 Å². The first-order chi connectivity index (χ1) is 8.49. The summed E-state index contributed by atoms with van der Waals surface area (Å²) in [4.78, 5) is 12.0. The standard InChI is InChI=1S/C12H11ClFN3O/c1-17-12(15)9(6-16-17)11(18)5-7-4-8(14)2-3-10(7)13/h2-4,6H,5,15H2,1H3. The van der Waals surface area contributed by atoms with E-state index in [1.165, 1.54) is 29.1 Å². The van der Waals surface area contributed by atoms with Gasteiger partial charge in [-0.3, -0.25) is 9.48 Å². The van der Waals surface area contributed by atoms with Crippen LogP contribution in [0.15, 0.2) is 24.4 Å². The van der Waals surface area contributed by atoms with Crippen LogP contribution < -0.4 is 5.73 Å². The predicted molar refractivity (Wildman–Crippen MR) is 67.1 cm³/mol. The van der Waals surface area contributed by atoms with E-state index in [2.05, 4.69) is 5.10 Å². The smallest absolute Gasteiger partial charge is 0.172 e. The molecule has 0 saturated heterocycles. The zero-order valence-corrected chi connectivity index (χ0v) is 10.4. The number of carbonyl (C=O) groups excluding carboxylic acids is 1. The van der Waals surface area contributed by atoms with Crippen molar-refractivity contribution >= 4 is 23.2 Å². The molecule has 0 aliphatic rings. The average Bonchev–Trinajstić information content (AvgIpc) is 2.65. The van der Waals surface area contributed by atoms with Gasteiger partial charge in [-0.2, -0.15) is 5.10 Å². The Morgan fingerprint density at radius 2 is 2.28 bits per heavy atom. The van der Waals surface area contributed by atoms with Crippen molar-refractivity contribution in [1.82, 2.24) is 9.78 Å². The number of Topliss-reactive ketones (excluding diaryl/α,β-unsaturated/α-hetero) is 1. The Balaban J connectivity index is 2.27. The normalized spacial score (nSPS) is 10.6. The molecule has 0 saturated carbocycles. The number of rotatable bonds is 3. The third kappa shape index (κ3) is 2.36. The van der Waals surface area contributed by atoms with Gasteiger partial charge in [0, 0.05) is 18.5 Å². The number of aryl methyl sites for hydroxylation is 1. The lowest BCUT2D eigenvalue weighted by atomic mass is 10.0. The molecule has 94 valence electrons. The second kappa shape index (κ2) is 4.78. The molecule has 0 radical (unpaired) electrons. The van der Waals surface area contributed by atoms with E-state index in [1.54, 1.807) is 7.05 Å². The first-order valence-corrected chi connectivity index (χ1v) is 5.61. The highest BCUT2D eigenvalue weighted by Crippen LogP contribution is 2.20. The molecule has 18 heavy (non-hydrogen) atoms. The summed E-state index contributed by atoms with van der Waals surface area (Å²) in [5, 5.41) is 4.24. The molecule has 4 nitrogen and oxygen atoms in total. The molecule has 6 heteroatoms. The van der Waals surface area contributed by atoms with Crippen LogP contribution in [0.2, 0.25) is 5.02 Å². The number of nitrogen functional groups attached to an aromatic ring is 1. The number of nitrogens with zero attached hydrogens (tertiary/aromatic N) is 2. The van der Waals surface area contributed by atoms with Crippen molar-refractivity contribution < 1.29 is 9.18 Å². The summed E-state index contributed by atoms with van der Waals surface area (Å²) < 4.78 is 14.5. The summed E-state index contributed by atoms with van der Waals surface area (Å²) in [6, 6.07) is 3.91. The highest BCUT2D eigenvalue weighted by Gasteiger charge is 2.15. The maximum Gasteiger partial charge on any atom is 0.172 e. The van der Waals surface area contributed by atoms with Crippen molar-refractivity contribution in [3.05, 3.63) is 46.4 Å². The van der Waals surface area contributed by atoms with Gasteiger partial charge in [-0.1, -0.05) is 11.6 Å². The van der Waals surface area contributed by atoms with Gasteiger partial charge in [-0.15, -0.1) is 0 Å². The van der Waals surface area contributed by atoms with Gasteiger partial charge in [0.25, 0.3) is 0 Å². The number of halogens is 2. The second-order valence-corrected chi connectivity index (χ2v) is 4.31. The Kier molecular flexibility index (Phi) is 3.34. The van der Waals surface area contributed by atoms with Gasteiger partial charge in [0.2, 0.25) is 0 Å². The molecule has 0 amide bonds. The van der Waals surface area contributed by atoms with E-state index < -0.39 is 5.82 Å². The van der Waals surface area contributed by atoms with Crippen molar-refractivity contribution in [2.45, 2.75) is 6.42 Å². The number of hydrogen-bond donors (Lipinski definition) is 1. The summed E-state index contributed by atoms with van der Waals surface area (Å²) in [5.74, 6) is -0.387. The van der Waals surface area contributed by atoms with Crippen LogP contribution in [0.5, 0.6) is 0 Å². The molecule has 0 atom stereocenters. The van der Waals surface area contributed by atoms with Crippen molar-refractivity contribution in [1.29, 1.82) is 0 Å².